The summed E-state index contributed by atoms with van der Waals surface area (Å²) < 4.78 is 0. The maximum absolute atomic E-state index is 5.59. The Hall–Kier alpha value is -1.94. The molecule has 0 aromatic carbocycles. The van der Waals surface area contributed by atoms with Gasteiger partial charge in [0.05, 0.1) is 12.2 Å². The Kier molecular flexibility index (Phi) is 5.07. The van der Waals surface area contributed by atoms with Crippen LogP contribution in [0.25, 0.3) is 0 Å². The number of aryl methyl sites for hydroxylation is 1. The lowest BCUT2D eigenvalue weighted by atomic mass is 10.1. The van der Waals surface area contributed by atoms with Crippen LogP contribution in [0.5, 0.6) is 0 Å². The first kappa shape index (κ1) is 14.5. The highest BCUT2D eigenvalue weighted by molar-refractivity contribution is 5.47. The first-order chi connectivity index (χ1) is 9.74. The van der Waals surface area contributed by atoms with Crippen molar-refractivity contribution in [3.05, 3.63) is 53.5 Å². The van der Waals surface area contributed by atoms with Gasteiger partial charge >= 0.3 is 0 Å². The van der Waals surface area contributed by atoms with Crippen molar-refractivity contribution < 1.29 is 0 Å². The van der Waals surface area contributed by atoms with Crippen LogP contribution in [0.3, 0.4) is 0 Å². The van der Waals surface area contributed by atoms with E-state index in [1.807, 2.05) is 30.6 Å². The minimum atomic E-state index is 0.659. The molecule has 0 atom stereocenters. The van der Waals surface area contributed by atoms with E-state index in [0.29, 0.717) is 6.54 Å². The molecule has 0 aliphatic carbocycles. The summed E-state index contributed by atoms with van der Waals surface area (Å²) >= 11 is 0. The van der Waals surface area contributed by atoms with E-state index in [2.05, 4.69) is 34.8 Å². The lowest BCUT2D eigenvalue weighted by molar-refractivity contribution is 0.787. The molecular weight excluding hydrogens is 248 g/mol. The van der Waals surface area contributed by atoms with Crippen LogP contribution in [0.4, 0.5) is 5.82 Å². The van der Waals surface area contributed by atoms with Crippen molar-refractivity contribution in [3.63, 3.8) is 0 Å². The minimum Gasteiger partial charge on any atom is -0.351 e. The average Bonchev–Trinajstić information content (AvgIpc) is 2.47. The molecule has 106 valence electrons. The summed E-state index contributed by atoms with van der Waals surface area (Å²) in [6.45, 7) is 6.58. The minimum absolute atomic E-state index is 0.659. The van der Waals surface area contributed by atoms with Crippen molar-refractivity contribution in [2.45, 2.75) is 26.8 Å². The molecule has 0 amide bonds. The van der Waals surface area contributed by atoms with E-state index in [1.165, 1.54) is 11.1 Å². The molecule has 0 aliphatic heterocycles. The zero-order chi connectivity index (χ0) is 14.4. The van der Waals surface area contributed by atoms with Gasteiger partial charge in [-0.05, 0) is 50.1 Å². The van der Waals surface area contributed by atoms with Gasteiger partial charge in [-0.2, -0.15) is 0 Å². The van der Waals surface area contributed by atoms with Crippen LogP contribution >= 0.6 is 0 Å². The summed E-state index contributed by atoms with van der Waals surface area (Å²) in [5.74, 6) is 1.03. The highest BCUT2D eigenvalue weighted by Crippen LogP contribution is 2.19. The summed E-state index contributed by atoms with van der Waals surface area (Å²) in [4.78, 5) is 11.2. The van der Waals surface area contributed by atoms with Crippen LogP contribution in [-0.4, -0.2) is 23.1 Å². The smallest absolute Gasteiger partial charge is 0.131 e. The molecule has 0 aliphatic rings. The zero-order valence-corrected chi connectivity index (χ0v) is 12.2. The zero-order valence-electron chi connectivity index (χ0n) is 12.2. The molecule has 0 saturated carbocycles. The molecule has 0 spiro atoms. The van der Waals surface area contributed by atoms with Crippen LogP contribution in [0.15, 0.2) is 36.7 Å². The van der Waals surface area contributed by atoms with Crippen molar-refractivity contribution in [2.75, 3.05) is 18.0 Å². The highest BCUT2D eigenvalue weighted by atomic mass is 15.2. The Morgan fingerprint density at radius 3 is 2.70 bits per heavy atom. The summed E-state index contributed by atoms with van der Waals surface area (Å²) in [6.07, 6.45) is 4.63. The van der Waals surface area contributed by atoms with Crippen molar-refractivity contribution >= 4 is 5.82 Å². The molecule has 0 radical (unpaired) electrons. The van der Waals surface area contributed by atoms with Gasteiger partial charge in [0, 0.05) is 18.9 Å². The second-order valence-corrected chi connectivity index (χ2v) is 4.86. The third kappa shape index (κ3) is 3.54. The Labute approximate surface area is 120 Å². The summed E-state index contributed by atoms with van der Waals surface area (Å²) in [5, 5.41) is 0. The molecule has 2 aromatic heterocycles. The fraction of sp³-hybridized carbons (Fsp3) is 0.375. The Bertz CT molecular complexity index is 539. The Balaban J connectivity index is 2.19. The fourth-order valence-corrected chi connectivity index (χ4v) is 2.28. The van der Waals surface area contributed by atoms with Crippen molar-refractivity contribution in [2.24, 2.45) is 5.73 Å². The first-order valence-electron chi connectivity index (χ1n) is 7.05. The molecule has 2 N–H and O–H groups in total. The summed E-state index contributed by atoms with van der Waals surface area (Å²) in [7, 11) is 0. The maximum atomic E-state index is 5.59. The van der Waals surface area contributed by atoms with Gasteiger partial charge in [0.2, 0.25) is 0 Å². The molecule has 20 heavy (non-hydrogen) atoms. The van der Waals surface area contributed by atoms with E-state index < -0.39 is 0 Å². The number of nitrogens with two attached hydrogens (primary N) is 1. The fourth-order valence-electron chi connectivity index (χ4n) is 2.28. The maximum Gasteiger partial charge on any atom is 0.131 e. The first-order valence-corrected chi connectivity index (χ1v) is 7.05. The molecule has 4 nitrogen and oxygen atoms in total. The Morgan fingerprint density at radius 1 is 1.25 bits per heavy atom. The molecule has 4 heteroatoms. The summed E-state index contributed by atoms with van der Waals surface area (Å²) in [5.41, 5.74) is 9.03. The van der Waals surface area contributed by atoms with Crippen LogP contribution < -0.4 is 10.6 Å². The van der Waals surface area contributed by atoms with E-state index in [0.717, 1.165) is 31.0 Å². The van der Waals surface area contributed by atoms with Gasteiger partial charge in [0.1, 0.15) is 5.82 Å². The lowest BCUT2D eigenvalue weighted by Gasteiger charge is -2.23. The molecule has 0 unspecified atom stereocenters. The number of nitrogens with zero attached hydrogens (tertiary/aromatic N) is 3. The normalized spacial score (nSPS) is 10.6. The molecule has 0 saturated heterocycles. The second-order valence-electron chi connectivity index (χ2n) is 4.86. The molecule has 2 heterocycles. The molecule has 0 fully saturated rings. The monoisotopic (exact) mass is 270 g/mol. The lowest BCUT2D eigenvalue weighted by Crippen LogP contribution is -2.24. The molecule has 2 rings (SSSR count). The van der Waals surface area contributed by atoms with E-state index in [-0.39, 0.29) is 0 Å². The van der Waals surface area contributed by atoms with Crippen LogP contribution in [0.1, 0.15) is 23.7 Å². The summed E-state index contributed by atoms with van der Waals surface area (Å²) in [6, 6.07) is 8.17. The number of hydrogen-bond acceptors (Lipinski definition) is 4. The number of rotatable bonds is 6. The second kappa shape index (κ2) is 7.01. The number of hydrogen-bond donors (Lipinski definition) is 1. The predicted octanol–water partition coefficient (Wildman–Crippen LogP) is 2.31. The van der Waals surface area contributed by atoms with E-state index >= 15 is 0 Å². The van der Waals surface area contributed by atoms with Crippen molar-refractivity contribution in [3.8, 4) is 0 Å². The van der Waals surface area contributed by atoms with Gasteiger partial charge in [-0.1, -0.05) is 12.1 Å². The van der Waals surface area contributed by atoms with Crippen molar-refractivity contribution in [1.82, 2.24) is 9.97 Å². The third-order valence-corrected chi connectivity index (χ3v) is 3.30. The quantitative estimate of drug-likeness (QED) is 0.875. The van der Waals surface area contributed by atoms with E-state index in [9.17, 15) is 0 Å². The third-order valence-electron chi connectivity index (χ3n) is 3.30. The predicted molar refractivity (Wildman–Crippen MR) is 82.7 cm³/mol. The van der Waals surface area contributed by atoms with Gasteiger partial charge in [-0.3, -0.25) is 4.98 Å². The van der Waals surface area contributed by atoms with Gasteiger partial charge < -0.3 is 10.6 Å². The number of aromatic nitrogens is 2. The SMILES string of the molecule is CCN(Cc1ccccn1)c1ncc(CCN)cc1C. The highest BCUT2D eigenvalue weighted by Gasteiger charge is 2.10. The van der Waals surface area contributed by atoms with Gasteiger partial charge in [-0.25, -0.2) is 4.98 Å². The van der Waals surface area contributed by atoms with Gasteiger partial charge in [0.15, 0.2) is 0 Å². The molecular formula is C16H22N4. The van der Waals surface area contributed by atoms with E-state index in [4.69, 9.17) is 5.73 Å². The number of anilines is 1. The molecule has 2 aromatic rings. The average molecular weight is 270 g/mol. The standard InChI is InChI=1S/C16H22N4/c1-3-20(12-15-6-4-5-9-18-15)16-13(2)10-14(7-8-17)11-19-16/h4-6,9-11H,3,7-8,12,17H2,1-2H3. The van der Waals surface area contributed by atoms with Crippen LogP contribution in [-0.2, 0) is 13.0 Å². The van der Waals surface area contributed by atoms with Gasteiger partial charge in [-0.15, -0.1) is 0 Å². The van der Waals surface area contributed by atoms with Crippen LogP contribution in [0, 0.1) is 6.92 Å². The largest absolute Gasteiger partial charge is 0.351 e. The topological polar surface area (TPSA) is 55.0 Å². The van der Waals surface area contributed by atoms with E-state index in [1.54, 1.807) is 0 Å². The van der Waals surface area contributed by atoms with Crippen LogP contribution in [0.2, 0.25) is 0 Å². The van der Waals surface area contributed by atoms with Gasteiger partial charge in [0.25, 0.3) is 0 Å². The number of pyridine rings is 2. The van der Waals surface area contributed by atoms with Crippen molar-refractivity contribution in [1.29, 1.82) is 0 Å². The Morgan fingerprint density at radius 2 is 2.10 bits per heavy atom. The molecule has 0 bridgehead atoms.